The number of benzene rings is 2. The van der Waals surface area contributed by atoms with Gasteiger partial charge in [-0.15, -0.1) is 0 Å². The highest BCUT2D eigenvalue weighted by molar-refractivity contribution is 7.99. The largest absolute Gasteiger partial charge is 0.358 e. The fourth-order valence-corrected chi connectivity index (χ4v) is 6.04. The van der Waals surface area contributed by atoms with Gasteiger partial charge in [-0.2, -0.15) is 0 Å². The van der Waals surface area contributed by atoms with Crippen molar-refractivity contribution in [2.75, 3.05) is 0 Å². The van der Waals surface area contributed by atoms with Crippen LogP contribution in [0.3, 0.4) is 0 Å². The monoisotopic (exact) mass is 373 g/mol. The first-order valence-corrected chi connectivity index (χ1v) is 10.8. The molecule has 2 aliphatic heterocycles. The number of aromatic amines is 1. The predicted octanol–water partition coefficient (Wildman–Crippen LogP) is 5.64. The summed E-state index contributed by atoms with van der Waals surface area (Å²) in [7, 11) is 0. The van der Waals surface area contributed by atoms with Crippen LogP contribution in [0.25, 0.3) is 21.8 Å². The molecule has 136 valence electrons. The minimum absolute atomic E-state index is 0.537. The van der Waals surface area contributed by atoms with E-state index in [4.69, 9.17) is 0 Å². The summed E-state index contributed by atoms with van der Waals surface area (Å²) in [6.07, 6.45) is 6.02. The third-order valence-electron chi connectivity index (χ3n) is 6.25. The number of hydrogen-bond acceptors (Lipinski definition) is 2. The number of para-hydroxylation sites is 1. The Morgan fingerprint density at radius 3 is 2.96 bits per heavy atom. The molecule has 4 heteroatoms. The van der Waals surface area contributed by atoms with Crippen molar-refractivity contribution in [2.45, 2.75) is 54.6 Å². The Balaban J connectivity index is 1.44. The highest BCUT2D eigenvalue weighted by Gasteiger charge is 2.34. The molecule has 3 nitrogen and oxygen atoms in total. The molecule has 6 rings (SSSR count). The minimum Gasteiger partial charge on any atom is -0.358 e. The van der Waals surface area contributed by atoms with E-state index in [1.165, 1.54) is 55.7 Å². The topological polar surface area (TPSA) is 32.8 Å². The molecule has 2 aromatic carbocycles. The number of hydrogen-bond donors (Lipinski definition) is 2. The summed E-state index contributed by atoms with van der Waals surface area (Å²) in [5.74, 6) is 0. The molecule has 2 unspecified atom stereocenters. The molecule has 4 heterocycles. The van der Waals surface area contributed by atoms with Gasteiger partial charge in [0.1, 0.15) is 0 Å². The zero-order chi connectivity index (χ0) is 18.0. The SMILES string of the molecule is CCn1cc(Sc2ccc3[nH]c4c(c3c2)C2CCC(C4)N2)c2ccccc21. The molecule has 27 heavy (non-hydrogen) atoms. The second-order valence-corrected chi connectivity index (χ2v) is 8.94. The molecule has 2 aromatic heterocycles. The molecule has 1 fully saturated rings. The minimum atomic E-state index is 0.537. The Labute approximate surface area is 163 Å². The van der Waals surface area contributed by atoms with Crippen molar-refractivity contribution in [1.29, 1.82) is 0 Å². The Kier molecular flexibility index (Phi) is 3.47. The summed E-state index contributed by atoms with van der Waals surface area (Å²) in [4.78, 5) is 6.36. The molecule has 0 spiro atoms. The van der Waals surface area contributed by atoms with E-state index in [0.717, 1.165) is 13.0 Å². The number of rotatable bonds is 3. The van der Waals surface area contributed by atoms with Gasteiger partial charge in [0, 0.05) is 68.5 Å². The lowest BCUT2D eigenvalue weighted by Gasteiger charge is -2.21. The Morgan fingerprint density at radius 1 is 1.11 bits per heavy atom. The summed E-state index contributed by atoms with van der Waals surface area (Å²) >= 11 is 1.89. The van der Waals surface area contributed by atoms with Gasteiger partial charge in [0.05, 0.1) is 0 Å². The molecule has 2 aliphatic rings. The van der Waals surface area contributed by atoms with E-state index in [1.54, 1.807) is 0 Å². The number of fused-ring (bicyclic) bond motifs is 7. The van der Waals surface area contributed by atoms with Crippen LogP contribution in [0.2, 0.25) is 0 Å². The summed E-state index contributed by atoms with van der Waals surface area (Å²) in [5, 5.41) is 6.56. The average Bonchev–Trinajstić information content (AvgIpc) is 3.36. The maximum absolute atomic E-state index is 3.80. The Morgan fingerprint density at radius 2 is 2.04 bits per heavy atom. The van der Waals surface area contributed by atoms with Gasteiger partial charge in [0.25, 0.3) is 0 Å². The van der Waals surface area contributed by atoms with Gasteiger partial charge in [-0.1, -0.05) is 30.0 Å². The molecule has 2 atom stereocenters. The zero-order valence-corrected chi connectivity index (χ0v) is 16.3. The van der Waals surface area contributed by atoms with Crippen LogP contribution >= 0.6 is 11.8 Å². The highest BCUT2D eigenvalue weighted by Crippen LogP contribution is 2.42. The number of nitrogens with zero attached hydrogens (tertiary/aromatic N) is 1. The Bertz CT molecular complexity index is 1170. The van der Waals surface area contributed by atoms with Gasteiger partial charge in [-0.25, -0.2) is 0 Å². The summed E-state index contributed by atoms with van der Waals surface area (Å²) in [6, 6.07) is 16.9. The summed E-state index contributed by atoms with van der Waals surface area (Å²) in [5.41, 5.74) is 5.59. The molecule has 2 bridgehead atoms. The van der Waals surface area contributed by atoms with Gasteiger partial charge in [-0.05, 0) is 49.6 Å². The average molecular weight is 374 g/mol. The van der Waals surface area contributed by atoms with Crippen LogP contribution < -0.4 is 5.32 Å². The zero-order valence-electron chi connectivity index (χ0n) is 15.5. The van der Waals surface area contributed by atoms with Gasteiger partial charge in [0.15, 0.2) is 0 Å². The van der Waals surface area contributed by atoms with Crippen molar-refractivity contribution >= 4 is 33.6 Å². The van der Waals surface area contributed by atoms with Crippen molar-refractivity contribution < 1.29 is 0 Å². The van der Waals surface area contributed by atoms with E-state index in [1.807, 2.05) is 11.8 Å². The van der Waals surface area contributed by atoms with Crippen molar-refractivity contribution in [3.8, 4) is 0 Å². The first-order chi connectivity index (χ1) is 13.3. The van der Waals surface area contributed by atoms with Gasteiger partial charge in [-0.3, -0.25) is 0 Å². The van der Waals surface area contributed by atoms with E-state index in [0.29, 0.717) is 12.1 Å². The van der Waals surface area contributed by atoms with Crippen molar-refractivity contribution in [2.24, 2.45) is 0 Å². The van der Waals surface area contributed by atoms with Gasteiger partial charge < -0.3 is 14.9 Å². The second kappa shape index (κ2) is 5.91. The molecule has 0 amide bonds. The Hall–Kier alpha value is -2.17. The maximum atomic E-state index is 3.80. The van der Waals surface area contributed by atoms with E-state index in [-0.39, 0.29) is 0 Å². The van der Waals surface area contributed by atoms with Gasteiger partial charge >= 0.3 is 0 Å². The van der Waals surface area contributed by atoms with Crippen molar-refractivity contribution in [3.05, 3.63) is 59.9 Å². The lowest BCUT2D eigenvalue weighted by atomic mass is 9.99. The quantitative estimate of drug-likeness (QED) is 0.487. The smallest absolute Gasteiger partial charge is 0.0492 e. The van der Waals surface area contributed by atoms with Crippen LogP contribution in [0, 0.1) is 0 Å². The molecule has 0 saturated carbocycles. The van der Waals surface area contributed by atoms with Crippen LogP contribution in [-0.4, -0.2) is 15.6 Å². The molecule has 2 N–H and O–H groups in total. The molecule has 0 aliphatic carbocycles. The second-order valence-electron chi connectivity index (χ2n) is 7.82. The first-order valence-electron chi connectivity index (χ1n) is 9.96. The van der Waals surface area contributed by atoms with E-state index < -0.39 is 0 Å². The standard InChI is InChI=1S/C23H23N3S/c1-2-26-13-22(16-5-3-4-6-21(16)26)27-15-8-10-18-17(12-15)23-19-9-7-14(24-19)11-20(23)25-18/h3-6,8,10,12-14,19,24-25H,2,7,9,11H2,1H3. The van der Waals surface area contributed by atoms with E-state index in [9.17, 15) is 0 Å². The fraction of sp³-hybridized carbons (Fsp3) is 0.304. The molecular weight excluding hydrogens is 350 g/mol. The third-order valence-corrected chi connectivity index (χ3v) is 7.29. The lowest BCUT2D eigenvalue weighted by Crippen LogP contribution is -2.31. The van der Waals surface area contributed by atoms with Crippen molar-refractivity contribution in [3.63, 3.8) is 0 Å². The van der Waals surface area contributed by atoms with Crippen molar-refractivity contribution in [1.82, 2.24) is 14.9 Å². The number of H-pyrrole nitrogens is 1. The maximum Gasteiger partial charge on any atom is 0.0492 e. The molecule has 0 radical (unpaired) electrons. The van der Waals surface area contributed by atoms with E-state index >= 15 is 0 Å². The number of aromatic nitrogens is 2. The molecule has 1 saturated heterocycles. The molecular formula is C23H23N3S. The lowest BCUT2D eigenvalue weighted by molar-refractivity contribution is 0.513. The third kappa shape index (κ3) is 2.40. The van der Waals surface area contributed by atoms with Crippen LogP contribution in [0.1, 0.15) is 37.1 Å². The fourth-order valence-electron chi connectivity index (χ4n) is 5.01. The van der Waals surface area contributed by atoms with Crippen LogP contribution in [0.15, 0.2) is 58.5 Å². The number of aryl methyl sites for hydroxylation is 1. The summed E-state index contributed by atoms with van der Waals surface area (Å²) in [6.45, 7) is 3.21. The van der Waals surface area contributed by atoms with Crippen LogP contribution in [-0.2, 0) is 13.0 Å². The highest BCUT2D eigenvalue weighted by atomic mass is 32.2. The normalized spacial score (nSPS) is 21.2. The van der Waals surface area contributed by atoms with Gasteiger partial charge in [0.2, 0.25) is 0 Å². The number of nitrogens with one attached hydrogen (secondary N) is 2. The predicted molar refractivity (Wildman–Crippen MR) is 113 cm³/mol. The molecule has 4 aromatic rings. The van der Waals surface area contributed by atoms with Crippen LogP contribution in [0.4, 0.5) is 0 Å². The van der Waals surface area contributed by atoms with Crippen LogP contribution in [0.5, 0.6) is 0 Å². The van der Waals surface area contributed by atoms with E-state index in [2.05, 4.69) is 70.5 Å². The summed E-state index contributed by atoms with van der Waals surface area (Å²) < 4.78 is 2.34. The first kappa shape index (κ1) is 15.8.